The molecule has 1 aliphatic heterocycles. The van der Waals surface area contributed by atoms with Gasteiger partial charge in [-0.15, -0.1) is 0 Å². The molecule has 7 nitrogen and oxygen atoms in total. The minimum Gasteiger partial charge on any atom is -0.358 e. The van der Waals surface area contributed by atoms with Crippen LogP contribution in [0.25, 0.3) is 5.69 Å². The van der Waals surface area contributed by atoms with Crippen molar-refractivity contribution in [3.8, 4) is 5.69 Å². The lowest BCUT2D eigenvalue weighted by Gasteiger charge is -2.36. The fourth-order valence-electron chi connectivity index (χ4n) is 4.67. The van der Waals surface area contributed by atoms with Gasteiger partial charge in [0.05, 0.1) is 23.7 Å². The van der Waals surface area contributed by atoms with E-state index in [1.165, 1.54) is 41.6 Å². The van der Waals surface area contributed by atoms with Crippen LogP contribution in [0.15, 0.2) is 82.7 Å². The fourth-order valence-corrected chi connectivity index (χ4v) is 5.47. The molecule has 0 saturated carbocycles. The van der Waals surface area contributed by atoms with Gasteiger partial charge in [0.2, 0.25) is 5.91 Å². The van der Waals surface area contributed by atoms with E-state index in [1.807, 2.05) is 54.8 Å². The van der Waals surface area contributed by atoms with E-state index in [-0.39, 0.29) is 29.1 Å². The number of carbonyl (C=O) groups is 1. The number of amides is 1. The molecule has 1 aliphatic rings. The largest absolute Gasteiger partial charge is 0.358 e. The number of aryl methyl sites for hydroxylation is 1. The molecule has 3 aromatic carbocycles. The van der Waals surface area contributed by atoms with Crippen molar-refractivity contribution < 1.29 is 9.18 Å². The molecule has 1 atom stereocenters. The molecule has 2 N–H and O–H groups in total. The van der Waals surface area contributed by atoms with Gasteiger partial charge in [-0.05, 0) is 67.8 Å². The van der Waals surface area contributed by atoms with E-state index in [4.69, 9.17) is 0 Å². The van der Waals surface area contributed by atoms with Crippen molar-refractivity contribution >= 4 is 29.2 Å². The van der Waals surface area contributed by atoms with Gasteiger partial charge in [0.15, 0.2) is 5.16 Å². The highest BCUT2D eigenvalue weighted by Gasteiger charge is 2.28. The van der Waals surface area contributed by atoms with Crippen molar-refractivity contribution in [2.75, 3.05) is 23.1 Å². The maximum Gasteiger partial charge on any atom is 0.280 e. The van der Waals surface area contributed by atoms with Crippen LogP contribution in [0.3, 0.4) is 0 Å². The summed E-state index contributed by atoms with van der Waals surface area (Å²) in [7, 11) is 0. The van der Waals surface area contributed by atoms with Crippen molar-refractivity contribution in [2.45, 2.75) is 38.5 Å². The molecule has 9 heteroatoms. The van der Waals surface area contributed by atoms with Crippen molar-refractivity contribution in [3.63, 3.8) is 0 Å². The predicted molar refractivity (Wildman–Crippen MR) is 154 cm³/mol. The molecule has 200 valence electrons. The number of hydrogen-bond acceptors (Lipinski definition) is 6. The van der Waals surface area contributed by atoms with Crippen LogP contribution in [-0.4, -0.2) is 32.8 Å². The lowest BCUT2D eigenvalue weighted by atomic mass is 10.1. The summed E-state index contributed by atoms with van der Waals surface area (Å²) in [5.74, 6) is 0.0796. The van der Waals surface area contributed by atoms with Gasteiger partial charge in [0.25, 0.3) is 5.56 Å². The second-order valence-corrected chi connectivity index (χ2v) is 10.5. The number of anilines is 2. The Hall–Kier alpha value is -3.95. The summed E-state index contributed by atoms with van der Waals surface area (Å²) in [6.07, 6.45) is 0. The molecular weight excluding hydrogens is 513 g/mol. The third-order valence-electron chi connectivity index (χ3n) is 7.07. The molecule has 5 rings (SSSR count). The average Bonchev–Trinajstić information content (AvgIpc) is 2.95. The van der Waals surface area contributed by atoms with Gasteiger partial charge < -0.3 is 10.6 Å². The van der Waals surface area contributed by atoms with Crippen LogP contribution in [0, 0.1) is 19.7 Å². The molecule has 1 unspecified atom stereocenters. The first-order valence-corrected chi connectivity index (χ1v) is 13.7. The minimum absolute atomic E-state index is 0.0324. The lowest BCUT2D eigenvalue weighted by Crippen LogP contribution is -2.40. The number of aromatic nitrogens is 2. The maximum absolute atomic E-state index is 13.4. The Morgan fingerprint density at radius 3 is 2.56 bits per heavy atom. The molecule has 0 saturated heterocycles. The number of rotatable bonds is 7. The van der Waals surface area contributed by atoms with Gasteiger partial charge in [-0.25, -0.2) is 4.39 Å². The van der Waals surface area contributed by atoms with Crippen molar-refractivity contribution in [2.24, 2.45) is 0 Å². The van der Waals surface area contributed by atoms with Gasteiger partial charge in [0.1, 0.15) is 11.6 Å². The molecule has 0 bridgehead atoms. The SMILES string of the molecule is Cc1cccc(-n2c(SCC(=O)Nc3ccc(F)cc3)nc(=O)c3c2NCN(C(C)c2ccccc2)C3)c1C. The van der Waals surface area contributed by atoms with Crippen LogP contribution < -0.4 is 16.2 Å². The maximum atomic E-state index is 13.4. The monoisotopic (exact) mass is 543 g/mol. The molecule has 0 spiro atoms. The summed E-state index contributed by atoms with van der Waals surface area (Å²) in [4.78, 5) is 32.7. The molecular formula is C30H30FN5O2S. The zero-order valence-electron chi connectivity index (χ0n) is 22.1. The van der Waals surface area contributed by atoms with E-state index in [9.17, 15) is 14.0 Å². The molecule has 2 heterocycles. The van der Waals surface area contributed by atoms with Crippen LogP contribution in [0.2, 0.25) is 0 Å². The van der Waals surface area contributed by atoms with Crippen LogP contribution in [-0.2, 0) is 11.3 Å². The molecule has 0 aliphatic carbocycles. The van der Waals surface area contributed by atoms with Crippen molar-refractivity contribution in [1.82, 2.24) is 14.5 Å². The van der Waals surface area contributed by atoms with Crippen molar-refractivity contribution in [3.05, 3.63) is 111 Å². The van der Waals surface area contributed by atoms with Crippen LogP contribution in [0.5, 0.6) is 0 Å². The number of fused-ring (bicyclic) bond motifs is 1. The quantitative estimate of drug-likeness (QED) is 0.231. The zero-order chi connectivity index (χ0) is 27.5. The second kappa shape index (κ2) is 11.4. The zero-order valence-corrected chi connectivity index (χ0v) is 22.9. The van der Waals surface area contributed by atoms with E-state index in [0.29, 0.717) is 35.4 Å². The predicted octanol–water partition coefficient (Wildman–Crippen LogP) is 5.67. The van der Waals surface area contributed by atoms with E-state index in [1.54, 1.807) is 0 Å². The number of thioether (sulfide) groups is 1. The lowest BCUT2D eigenvalue weighted by molar-refractivity contribution is -0.113. The number of benzene rings is 3. The first kappa shape index (κ1) is 26.6. The highest BCUT2D eigenvalue weighted by atomic mass is 32.2. The molecule has 1 amide bonds. The summed E-state index contributed by atoms with van der Waals surface area (Å²) in [6, 6.07) is 21.9. The van der Waals surface area contributed by atoms with E-state index in [2.05, 4.69) is 39.6 Å². The Bertz CT molecular complexity index is 1560. The van der Waals surface area contributed by atoms with Crippen LogP contribution in [0.4, 0.5) is 15.9 Å². The van der Waals surface area contributed by atoms with Crippen LogP contribution in [0.1, 0.15) is 35.2 Å². The third-order valence-corrected chi connectivity index (χ3v) is 8.01. The Balaban J connectivity index is 1.48. The molecule has 4 aromatic rings. The summed E-state index contributed by atoms with van der Waals surface area (Å²) in [5.41, 5.74) is 5.02. The summed E-state index contributed by atoms with van der Waals surface area (Å²) >= 11 is 1.19. The second-order valence-electron chi connectivity index (χ2n) is 9.59. The molecule has 0 fully saturated rings. The smallest absolute Gasteiger partial charge is 0.280 e. The van der Waals surface area contributed by atoms with Gasteiger partial charge in [-0.1, -0.05) is 54.2 Å². The highest BCUT2D eigenvalue weighted by Crippen LogP contribution is 2.33. The minimum atomic E-state index is -0.373. The van der Waals surface area contributed by atoms with E-state index in [0.717, 1.165) is 16.8 Å². The normalized spacial score (nSPS) is 13.8. The first-order chi connectivity index (χ1) is 18.8. The van der Waals surface area contributed by atoms with E-state index >= 15 is 0 Å². The number of nitrogens with one attached hydrogen (secondary N) is 2. The summed E-state index contributed by atoms with van der Waals surface area (Å²) in [5, 5.41) is 6.69. The number of halogens is 1. The van der Waals surface area contributed by atoms with E-state index < -0.39 is 0 Å². The number of hydrogen-bond donors (Lipinski definition) is 2. The first-order valence-electron chi connectivity index (χ1n) is 12.8. The molecule has 0 radical (unpaired) electrons. The standard InChI is InChI=1S/C30H30FN5O2S/c1-19-8-7-11-26(20(19)2)36-28-25(16-35(18-32-28)21(3)22-9-5-4-6-10-22)29(38)34-30(36)39-17-27(37)33-24-14-12-23(31)13-15-24/h4-15,21,32H,16-18H2,1-3H3,(H,33,37). The Kier molecular flexibility index (Phi) is 7.81. The Labute approximate surface area is 231 Å². The number of nitrogens with zero attached hydrogens (tertiary/aromatic N) is 3. The van der Waals surface area contributed by atoms with Crippen LogP contribution >= 0.6 is 11.8 Å². The number of carbonyl (C=O) groups excluding carboxylic acids is 1. The molecule has 1 aromatic heterocycles. The molecule has 39 heavy (non-hydrogen) atoms. The average molecular weight is 544 g/mol. The Morgan fingerprint density at radius 1 is 1.08 bits per heavy atom. The summed E-state index contributed by atoms with van der Waals surface area (Å²) in [6.45, 7) is 7.21. The van der Waals surface area contributed by atoms with Gasteiger partial charge in [-0.3, -0.25) is 19.1 Å². The highest BCUT2D eigenvalue weighted by molar-refractivity contribution is 7.99. The fraction of sp³-hybridized carbons (Fsp3) is 0.233. The van der Waals surface area contributed by atoms with Gasteiger partial charge >= 0.3 is 0 Å². The van der Waals surface area contributed by atoms with Gasteiger partial charge in [0, 0.05) is 18.3 Å². The van der Waals surface area contributed by atoms with Crippen molar-refractivity contribution in [1.29, 1.82) is 0 Å². The Morgan fingerprint density at radius 2 is 1.82 bits per heavy atom. The topological polar surface area (TPSA) is 79.3 Å². The summed E-state index contributed by atoms with van der Waals surface area (Å²) < 4.78 is 15.2. The third kappa shape index (κ3) is 5.74. The van der Waals surface area contributed by atoms with Gasteiger partial charge in [-0.2, -0.15) is 4.98 Å².